The van der Waals surface area contributed by atoms with Crippen molar-refractivity contribution < 1.29 is 9.32 Å². The second kappa shape index (κ2) is 9.47. The van der Waals surface area contributed by atoms with Crippen LogP contribution in [-0.4, -0.2) is 30.1 Å². The smallest absolute Gasteiger partial charge is 0.261 e. The van der Waals surface area contributed by atoms with Crippen molar-refractivity contribution in [1.82, 2.24) is 15.4 Å². The Labute approximate surface area is 190 Å². The fourth-order valence-electron chi connectivity index (χ4n) is 3.32. The first-order valence-electron chi connectivity index (χ1n) is 9.82. The molecule has 0 fully saturated rings. The molecule has 0 aliphatic carbocycles. The van der Waals surface area contributed by atoms with Crippen molar-refractivity contribution in [3.05, 3.63) is 87.3 Å². The lowest BCUT2D eigenvalue weighted by atomic mass is 9.98. The lowest BCUT2D eigenvalue weighted by molar-refractivity contribution is 0.0951. The van der Waals surface area contributed by atoms with Gasteiger partial charge in [0.2, 0.25) is 0 Å². The number of thiophene rings is 1. The summed E-state index contributed by atoms with van der Waals surface area (Å²) in [6.45, 7) is 1.14. The summed E-state index contributed by atoms with van der Waals surface area (Å²) in [5.41, 5.74) is 5.36. The van der Waals surface area contributed by atoms with E-state index in [1.165, 1.54) is 22.5 Å². The van der Waals surface area contributed by atoms with Gasteiger partial charge >= 0.3 is 0 Å². The molecule has 4 aromatic rings. The molecule has 0 bridgehead atoms. The maximum atomic E-state index is 12.2. The fraction of sp³-hybridized carbons (Fsp3) is 0.167. The van der Waals surface area contributed by atoms with Crippen LogP contribution in [-0.2, 0) is 13.1 Å². The number of nitrogens with zero attached hydrogens (tertiary/aromatic N) is 2. The van der Waals surface area contributed by atoms with E-state index in [-0.39, 0.29) is 12.5 Å². The van der Waals surface area contributed by atoms with E-state index < -0.39 is 0 Å². The van der Waals surface area contributed by atoms with Crippen LogP contribution in [0.3, 0.4) is 0 Å². The van der Waals surface area contributed by atoms with Crippen LogP contribution in [0.4, 0.5) is 0 Å². The Morgan fingerprint density at radius 1 is 1.06 bits per heavy atom. The van der Waals surface area contributed by atoms with Crippen molar-refractivity contribution in [2.45, 2.75) is 13.1 Å². The van der Waals surface area contributed by atoms with Crippen LogP contribution in [0.5, 0.6) is 0 Å². The first kappa shape index (κ1) is 21.3. The average Bonchev–Trinajstić information content (AvgIpc) is 3.41. The highest BCUT2D eigenvalue weighted by atomic mass is 35.5. The second-order valence-corrected chi connectivity index (χ2v) is 9.15. The Morgan fingerprint density at radius 2 is 1.81 bits per heavy atom. The minimum Gasteiger partial charge on any atom is -0.359 e. The molecule has 1 N–H and O–H groups in total. The number of aromatic nitrogens is 1. The number of amides is 1. The predicted octanol–water partition coefficient (Wildman–Crippen LogP) is 5.72. The molecule has 0 spiro atoms. The van der Waals surface area contributed by atoms with Gasteiger partial charge in [0.1, 0.15) is 5.69 Å². The third-order valence-corrected chi connectivity index (χ3v) is 6.00. The maximum absolute atomic E-state index is 12.2. The number of nitrogens with one attached hydrogen (secondary N) is 1. The lowest BCUT2D eigenvalue weighted by Gasteiger charge is -2.14. The van der Waals surface area contributed by atoms with Gasteiger partial charge in [-0.2, -0.15) is 0 Å². The van der Waals surface area contributed by atoms with Gasteiger partial charge in [0, 0.05) is 18.2 Å². The standard InChI is InChI=1S/C24H22ClN3O2S/c1-28(2)15-18-5-3-4-6-20(18)16-7-9-17(10-8-16)21-13-19(30-27-21)14-26-24(29)22-11-12-23(25)31-22/h3-13H,14-15H2,1-2H3,(H,26,29). The molecule has 5 nitrogen and oxygen atoms in total. The molecule has 0 radical (unpaired) electrons. The second-order valence-electron chi connectivity index (χ2n) is 7.44. The van der Waals surface area contributed by atoms with Crippen LogP contribution in [0.15, 0.2) is 71.3 Å². The molecule has 0 aliphatic heterocycles. The minimum absolute atomic E-state index is 0.185. The van der Waals surface area contributed by atoms with Crippen molar-refractivity contribution in [1.29, 1.82) is 0 Å². The molecule has 7 heteroatoms. The predicted molar refractivity (Wildman–Crippen MR) is 125 cm³/mol. The topological polar surface area (TPSA) is 58.4 Å². The molecule has 2 heterocycles. The first-order chi connectivity index (χ1) is 15.0. The molecule has 2 aromatic carbocycles. The zero-order chi connectivity index (χ0) is 21.8. The summed E-state index contributed by atoms with van der Waals surface area (Å²) in [6, 6.07) is 22.0. The van der Waals surface area contributed by atoms with E-state index in [2.05, 4.69) is 65.9 Å². The normalized spacial score (nSPS) is 11.1. The maximum Gasteiger partial charge on any atom is 0.261 e. The third kappa shape index (κ3) is 5.22. The quantitative estimate of drug-likeness (QED) is 0.390. The third-order valence-electron chi connectivity index (χ3n) is 4.77. The van der Waals surface area contributed by atoms with Gasteiger partial charge in [-0.1, -0.05) is 65.3 Å². The number of carbonyl (C=O) groups is 1. The monoisotopic (exact) mass is 451 g/mol. The summed E-state index contributed by atoms with van der Waals surface area (Å²) in [5.74, 6) is 0.405. The highest BCUT2D eigenvalue weighted by Gasteiger charge is 2.12. The number of halogens is 1. The molecular weight excluding hydrogens is 430 g/mol. The van der Waals surface area contributed by atoms with Crippen LogP contribution in [0.25, 0.3) is 22.4 Å². The van der Waals surface area contributed by atoms with Gasteiger partial charge < -0.3 is 14.7 Å². The minimum atomic E-state index is -0.185. The number of rotatable bonds is 7. The van der Waals surface area contributed by atoms with E-state index in [0.717, 1.165) is 23.4 Å². The summed E-state index contributed by atoms with van der Waals surface area (Å²) in [4.78, 5) is 14.9. The number of carbonyl (C=O) groups excluding carboxylic acids is 1. The van der Waals surface area contributed by atoms with Gasteiger partial charge in [-0.25, -0.2) is 0 Å². The Balaban J connectivity index is 1.45. The summed E-state index contributed by atoms with van der Waals surface area (Å²) in [5, 5.41) is 6.97. The van der Waals surface area contributed by atoms with Gasteiger partial charge in [-0.15, -0.1) is 11.3 Å². The molecule has 4 rings (SSSR count). The molecular formula is C24H22ClN3O2S. The average molecular weight is 452 g/mol. The summed E-state index contributed by atoms with van der Waals surface area (Å²) in [6.07, 6.45) is 0. The molecule has 0 atom stereocenters. The van der Waals surface area contributed by atoms with E-state index in [0.29, 0.717) is 15.0 Å². The van der Waals surface area contributed by atoms with Crippen LogP contribution in [0, 0.1) is 0 Å². The molecule has 0 saturated carbocycles. The number of benzene rings is 2. The summed E-state index contributed by atoms with van der Waals surface area (Å²) < 4.78 is 5.98. The highest BCUT2D eigenvalue weighted by molar-refractivity contribution is 7.17. The van der Waals surface area contributed by atoms with Crippen LogP contribution in [0.1, 0.15) is 21.0 Å². The van der Waals surface area contributed by atoms with E-state index in [1.54, 1.807) is 12.1 Å². The van der Waals surface area contributed by atoms with Crippen molar-refractivity contribution in [2.24, 2.45) is 0 Å². The van der Waals surface area contributed by atoms with Gasteiger partial charge in [0.15, 0.2) is 5.76 Å². The lowest BCUT2D eigenvalue weighted by Crippen LogP contribution is -2.21. The number of hydrogen-bond acceptors (Lipinski definition) is 5. The molecule has 158 valence electrons. The molecule has 0 saturated heterocycles. The van der Waals surface area contributed by atoms with Gasteiger partial charge in [-0.05, 0) is 42.9 Å². The zero-order valence-electron chi connectivity index (χ0n) is 17.3. The van der Waals surface area contributed by atoms with E-state index in [1.807, 2.05) is 18.2 Å². The Hall–Kier alpha value is -2.93. The van der Waals surface area contributed by atoms with Crippen LogP contribution >= 0.6 is 22.9 Å². The Kier molecular flexibility index (Phi) is 6.51. The van der Waals surface area contributed by atoms with Gasteiger partial charge in [0.05, 0.1) is 15.8 Å². The molecule has 0 unspecified atom stereocenters. The SMILES string of the molecule is CN(C)Cc1ccccc1-c1ccc(-c2cc(CNC(=O)c3ccc(Cl)s3)on2)cc1. The van der Waals surface area contributed by atoms with Gasteiger partial charge in [0.25, 0.3) is 5.91 Å². The Bertz CT molecular complexity index is 1180. The van der Waals surface area contributed by atoms with Crippen LogP contribution in [0.2, 0.25) is 4.34 Å². The molecule has 31 heavy (non-hydrogen) atoms. The summed E-state index contributed by atoms with van der Waals surface area (Å²) in [7, 11) is 4.14. The molecule has 1 amide bonds. The highest BCUT2D eigenvalue weighted by Crippen LogP contribution is 2.28. The zero-order valence-corrected chi connectivity index (χ0v) is 18.8. The van der Waals surface area contributed by atoms with Crippen molar-refractivity contribution in [3.63, 3.8) is 0 Å². The van der Waals surface area contributed by atoms with E-state index in [9.17, 15) is 4.79 Å². The largest absolute Gasteiger partial charge is 0.359 e. The molecule has 2 aromatic heterocycles. The van der Waals surface area contributed by atoms with Crippen molar-refractivity contribution in [3.8, 4) is 22.4 Å². The summed E-state index contributed by atoms with van der Waals surface area (Å²) >= 11 is 7.12. The molecule has 0 aliphatic rings. The van der Waals surface area contributed by atoms with Crippen molar-refractivity contribution >= 4 is 28.8 Å². The number of hydrogen-bond donors (Lipinski definition) is 1. The van der Waals surface area contributed by atoms with Crippen molar-refractivity contribution in [2.75, 3.05) is 14.1 Å². The van der Waals surface area contributed by atoms with E-state index in [4.69, 9.17) is 16.1 Å². The fourth-order valence-corrected chi connectivity index (χ4v) is 4.28. The van der Waals surface area contributed by atoms with E-state index >= 15 is 0 Å². The Morgan fingerprint density at radius 3 is 2.52 bits per heavy atom. The van der Waals surface area contributed by atoms with Crippen LogP contribution < -0.4 is 5.32 Å². The van der Waals surface area contributed by atoms with Gasteiger partial charge in [-0.3, -0.25) is 4.79 Å². The first-order valence-corrected chi connectivity index (χ1v) is 11.0.